The van der Waals surface area contributed by atoms with Gasteiger partial charge in [0.15, 0.2) is 5.96 Å². The molecule has 1 aromatic carbocycles. The van der Waals surface area contributed by atoms with E-state index in [0.29, 0.717) is 19.6 Å². The van der Waals surface area contributed by atoms with Gasteiger partial charge in [-0.25, -0.2) is 9.98 Å². The number of aryl methyl sites for hydroxylation is 1. The summed E-state index contributed by atoms with van der Waals surface area (Å²) < 4.78 is 1.71. The van der Waals surface area contributed by atoms with Crippen molar-refractivity contribution in [3.8, 4) is 11.3 Å². The summed E-state index contributed by atoms with van der Waals surface area (Å²) in [7, 11) is 1.85. The first-order valence-corrected chi connectivity index (χ1v) is 10.8. The molecule has 8 nitrogen and oxygen atoms in total. The van der Waals surface area contributed by atoms with E-state index in [4.69, 9.17) is 9.98 Å². The maximum Gasteiger partial charge on any atom is 0.246 e. The zero-order valence-electron chi connectivity index (χ0n) is 17.6. The van der Waals surface area contributed by atoms with Crippen molar-refractivity contribution in [2.45, 2.75) is 13.5 Å². The van der Waals surface area contributed by atoms with E-state index >= 15 is 0 Å². The molecule has 0 radical (unpaired) electrons. The van der Waals surface area contributed by atoms with Crippen LogP contribution in [0.3, 0.4) is 0 Å². The normalized spacial score (nSPS) is 14.5. The van der Waals surface area contributed by atoms with Gasteiger partial charge in [-0.15, -0.1) is 35.3 Å². The lowest BCUT2D eigenvalue weighted by Crippen LogP contribution is -2.55. The third-order valence-corrected chi connectivity index (χ3v) is 5.68. The van der Waals surface area contributed by atoms with Crippen LogP contribution < -0.4 is 10.2 Å². The Morgan fingerprint density at radius 1 is 1.26 bits per heavy atom. The molecule has 164 valence electrons. The maximum absolute atomic E-state index is 12.7. The van der Waals surface area contributed by atoms with Crippen molar-refractivity contribution in [1.29, 1.82) is 0 Å². The van der Waals surface area contributed by atoms with Crippen LogP contribution in [0.15, 0.2) is 53.1 Å². The van der Waals surface area contributed by atoms with E-state index in [1.165, 1.54) is 0 Å². The van der Waals surface area contributed by atoms with E-state index in [2.05, 4.69) is 27.9 Å². The molecule has 3 heterocycles. The fourth-order valence-electron chi connectivity index (χ4n) is 3.37. The van der Waals surface area contributed by atoms with Crippen LogP contribution in [0.25, 0.3) is 11.3 Å². The highest BCUT2D eigenvalue weighted by atomic mass is 127. The summed E-state index contributed by atoms with van der Waals surface area (Å²) in [5.74, 6) is 0.786. The van der Waals surface area contributed by atoms with Gasteiger partial charge in [-0.1, -0.05) is 30.3 Å². The first-order valence-electron chi connectivity index (χ1n) is 9.96. The number of halogens is 1. The smallest absolute Gasteiger partial charge is 0.246 e. The minimum absolute atomic E-state index is 0. The molecule has 0 bridgehead atoms. The number of anilines is 1. The van der Waals surface area contributed by atoms with Gasteiger partial charge in [0.2, 0.25) is 5.91 Å². The van der Waals surface area contributed by atoms with E-state index in [0.717, 1.165) is 34.5 Å². The molecular formula is C21H26IN7OS. The Labute approximate surface area is 203 Å². The van der Waals surface area contributed by atoms with E-state index in [1.807, 2.05) is 43.3 Å². The number of piperazine rings is 1. The van der Waals surface area contributed by atoms with Gasteiger partial charge >= 0.3 is 0 Å². The van der Waals surface area contributed by atoms with E-state index in [9.17, 15) is 4.79 Å². The Kier molecular flexibility index (Phi) is 8.02. The molecule has 0 aliphatic carbocycles. The summed E-state index contributed by atoms with van der Waals surface area (Å²) in [6.45, 7) is 4.85. The van der Waals surface area contributed by atoms with Crippen LogP contribution >= 0.6 is 35.3 Å². The molecule has 1 N–H and O–H groups in total. The molecule has 0 saturated carbocycles. The third-order valence-electron chi connectivity index (χ3n) is 4.84. The predicted octanol–water partition coefficient (Wildman–Crippen LogP) is 2.98. The number of hydrogen-bond acceptors (Lipinski definition) is 5. The SMILES string of the molecule is CCNC(=NCc1nc(-c2ccccc2)cs1)N1CCN(c2cnn(C)c2)C(=O)C1.I. The van der Waals surface area contributed by atoms with Crippen molar-refractivity contribution >= 4 is 52.9 Å². The molecule has 0 atom stereocenters. The van der Waals surface area contributed by atoms with Crippen molar-refractivity contribution in [2.24, 2.45) is 12.0 Å². The molecule has 1 aliphatic rings. The second-order valence-electron chi connectivity index (χ2n) is 7.00. The number of carbonyl (C=O) groups excluding carboxylic acids is 1. The largest absolute Gasteiger partial charge is 0.356 e. The molecule has 1 fully saturated rings. The van der Waals surface area contributed by atoms with Crippen LogP contribution in [-0.4, -0.2) is 57.7 Å². The number of aliphatic imine (C=N–C) groups is 1. The monoisotopic (exact) mass is 551 g/mol. The van der Waals surface area contributed by atoms with Crippen LogP contribution in [0.5, 0.6) is 0 Å². The molecular weight excluding hydrogens is 525 g/mol. The van der Waals surface area contributed by atoms with Crippen LogP contribution in [0, 0.1) is 0 Å². The standard InChI is InChI=1S/C21H25N7OS.HI/c1-3-22-21(23-12-19-25-18(15-30-19)16-7-5-4-6-8-16)27-9-10-28(20(29)14-27)17-11-24-26(2)13-17;/h4-8,11,13,15H,3,9-10,12,14H2,1-2H3,(H,22,23);1H. The number of nitrogens with one attached hydrogen (secondary N) is 1. The van der Waals surface area contributed by atoms with Gasteiger partial charge < -0.3 is 15.1 Å². The van der Waals surface area contributed by atoms with Crippen LogP contribution in [0.4, 0.5) is 5.69 Å². The fourth-order valence-corrected chi connectivity index (χ4v) is 4.09. The van der Waals surface area contributed by atoms with Gasteiger partial charge in [0.25, 0.3) is 0 Å². The molecule has 0 unspecified atom stereocenters. The Morgan fingerprint density at radius 2 is 2.06 bits per heavy atom. The second-order valence-corrected chi connectivity index (χ2v) is 7.94. The number of amides is 1. The van der Waals surface area contributed by atoms with Gasteiger partial charge in [-0.2, -0.15) is 5.10 Å². The summed E-state index contributed by atoms with van der Waals surface area (Å²) in [4.78, 5) is 25.9. The Morgan fingerprint density at radius 3 is 2.74 bits per heavy atom. The molecule has 3 aromatic rings. The molecule has 2 aromatic heterocycles. The van der Waals surface area contributed by atoms with Crippen molar-refractivity contribution in [3.63, 3.8) is 0 Å². The van der Waals surface area contributed by atoms with Crippen LogP contribution in [0.2, 0.25) is 0 Å². The van der Waals surface area contributed by atoms with E-state index in [-0.39, 0.29) is 36.4 Å². The van der Waals surface area contributed by atoms with Crippen molar-refractivity contribution in [1.82, 2.24) is 25.0 Å². The summed E-state index contributed by atoms with van der Waals surface area (Å²) in [5.41, 5.74) is 2.91. The van der Waals surface area contributed by atoms with Crippen molar-refractivity contribution in [2.75, 3.05) is 31.1 Å². The summed E-state index contributed by atoms with van der Waals surface area (Å²) in [6.07, 6.45) is 3.58. The number of carbonyl (C=O) groups is 1. The Hall–Kier alpha value is -2.47. The highest BCUT2D eigenvalue weighted by Crippen LogP contribution is 2.22. The first kappa shape index (κ1) is 23.2. The molecule has 1 aliphatic heterocycles. The number of benzene rings is 1. The van der Waals surface area contributed by atoms with Crippen molar-refractivity contribution in [3.05, 3.63) is 53.1 Å². The molecule has 4 rings (SSSR count). The first-order chi connectivity index (χ1) is 14.6. The van der Waals surface area contributed by atoms with Gasteiger partial charge in [0.1, 0.15) is 11.6 Å². The Balaban J connectivity index is 0.00000272. The topological polar surface area (TPSA) is 78.7 Å². The van der Waals surface area contributed by atoms with Crippen molar-refractivity contribution < 1.29 is 4.79 Å². The number of nitrogens with zero attached hydrogens (tertiary/aromatic N) is 6. The Bertz CT molecular complexity index is 1030. The highest BCUT2D eigenvalue weighted by Gasteiger charge is 2.27. The number of rotatable bonds is 5. The average Bonchev–Trinajstić information content (AvgIpc) is 3.41. The zero-order chi connectivity index (χ0) is 20.9. The van der Waals surface area contributed by atoms with Gasteiger partial charge in [0, 0.05) is 43.8 Å². The quantitative estimate of drug-likeness (QED) is 0.300. The van der Waals surface area contributed by atoms with Crippen LogP contribution in [-0.2, 0) is 18.4 Å². The van der Waals surface area contributed by atoms with E-state index in [1.54, 1.807) is 27.1 Å². The van der Waals surface area contributed by atoms with Crippen LogP contribution in [0.1, 0.15) is 11.9 Å². The summed E-state index contributed by atoms with van der Waals surface area (Å²) in [5, 5.41) is 10.5. The lowest BCUT2D eigenvalue weighted by molar-refractivity contribution is -0.120. The highest BCUT2D eigenvalue weighted by molar-refractivity contribution is 14.0. The lowest BCUT2D eigenvalue weighted by Gasteiger charge is -2.35. The average molecular weight is 551 g/mol. The fraction of sp³-hybridized carbons (Fsp3) is 0.333. The maximum atomic E-state index is 12.7. The van der Waals surface area contributed by atoms with E-state index < -0.39 is 0 Å². The number of thiazole rings is 1. The second kappa shape index (κ2) is 10.7. The van der Waals surface area contributed by atoms with Gasteiger partial charge in [-0.3, -0.25) is 9.48 Å². The zero-order valence-corrected chi connectivity index (χ0v) is 20.7. The number of guanidine groups is 1. The summed E-state index contributed by atoms with van der Waals surface area (Å²) in [6, 6.07) is 10.1. The number of aromatic nitrogens is 3. The van der Waals surface area contributed by atoms with Gasteiger partial charge in [0.05, 0.1) is 24.1 Å². The molecule has 31 heavy (non-hydrogen) atoms. The summed E-state index contributed by atoms with van der Waals surface area (Å²) >= 11 is 1.60. The molecule has 1 saturated heterocycles. The predicted molar refractivity (Wildman–Crippen MR) is 135 cm³/mol. The third kappa shape index (κ3) is 5.62. The molecule has 10 heteroatoms. The number of hydrogen-bond donors (Lipinski definition) is 1. The molecule has 1 amide bonds. The minimum atomic E-state index is 0. The lowest BCUT2D eigenvalue weighted by atomic mass is 10.2. The molecule has 0 spiro atoms. The minimum Gasteiger partial charge on any atom is -0.356 e. The van der Waals surface area contributed by atoms with Gasteiger partial charge in [-0.05, 0) is 6.92 Å².